The summed E-state index contributed by atoms with van der Waals surface area (Å²) in [6.07, 6.45) is 2.30. The van der Waals surface area contributed by atoms with Crippen LogP contribution in [0.5, 0.6) is 0 Å². The zero-order valence-electron chi connectivity index (χ0n) is 11.3. The summed E-state index contributed by atoms with van der Waals surface area (Å²) in [7, 11) is 3.68. The lowest BCUT2D eigenvalue weighted by atomic mass is 10.2. The highest BCUT2D eigenvalue weighted by atomic mass is 16.5. The van der Waals surface area contributed by atoms with Gasteiger partial charge in [-0.1, -0.05) is 5.16 Å². The number of likely N-dealkylation sites (tertiary alicyclic amines) is 1. The summed E-state index contributed by atoms with van der Waals surface area (Å²) in [5.41, 5.74) is 0.367. The first-order valence-corrected chi connectivity index (χ1v) is 6.66. The van der Waals surface area contributed by atoms with Crippen molar-refractivity contribution in [3.63, 3.8) is 0 Å². The summed E-state index contributed by atoms with van der Waals surface area (Å²) in [6.45, 7) is 1.62. The molecule has 1 saturated heterocycles. The molecule has 6 nitrogen and oxygen atoms in total. The van der Waals surface area contributed by atoms with Gasteiger partial charge in [0.15, 0.2) is 5.69 Å². The summed E-state index contributed by atoms with van der Waals surface area (Å²) in [6, 6.07) is 1.76. The Hall–Kier alpha value is -1.40. The molecule has 1 unspecified atom stereocenters. The number of hydrogen-bond acceptors (Lipinski definition) is 5. The minimum absolute atomic E-state index is 0.00331. The first kappa shape index (κ1) is 12.6. The number of carbonyl (C=O) groups is 1. The number of likely N-dealkylation sites (N-methyl/N-ethyl adjacent to an activating group) is 1. The molecule has 2 atom stereocenters. The van der Waals surface area contributed by atoms with E-state index in [9.17, 15) is 4.79 Å². The summed E-state index contributed by atoms with van der Waals surface area (Å²) in [5, 5.41) is 6.82. The standard InChI is InChI=1S/C13H19N3O3/c1-16-6-10(12(7-16)18-2)14-13(17)9-5-11(19-15-9)8-3-4-8/h5,8,10,12H,3-4,6-7H2,1-2H3,(H,14,17)/t10?,12-/m0/s1. The Morgan fingerprint density at radius 2 is 2.32 bits per heavy atom. The summed E-state index contributed by atoms with van der Waals surface area (Å²) in [5.74, 6) is 1.12. The van der Waals surface area contributed by atoms with Crippen molar-refractivity contribution in [2.45, 2.75) is 30.9 Å². The van der Waals surface area contributed by atoms with Crippen molar-refractivity contribution in [3.8, 4) is 0 Å². The van der Waals surface area contributed by atoms with Gasteiger partial charge in [0.2, 0.25) is 0 Å². The van der Waals surface area contributed by atoms with Crippen molar-refractivity contribution in [1.29, 1.82) is 0 Å². The molecule has 1 saturated carbocycles. The number of nitrogens with zero attached hydrogens (tertiary/aromatic N) is 2. The molecule has 0 bridgehead atoms. The molecule has 6 heteroatoms. The van der Waals surface area contributed by atoms with E-state index in [0.29, 0.717) is 11.6 Å². The third-order valence-corrected chi connectivity index (χ3v) is 3.81. The smallest absolute Gasteiger partial charge is 0.273 e. The molecule has 3 rings (SSSR count). The van der Waals surface area contributed by atoms with E-state index in [1.807, 2.05) is 7.05 Å². The number of methoxy groups -OCH3 is 1. The van der Waals surface area contributed by atoms with E-state index in [0.717, 1.165) is 31.7 Å². The highest BCUT2D eigenvalue weighted by molar-refractivity contribution is 5.92. The van der Waals surface area contributed by atoms with Crippen molar-refractivity contribution >= 4 is 5.91 Å². The fourth-order valence-corrected chi connectivity index (χ4v) is 2.54. The maximum absolute atomic E-state index is 12.1. The number of rotatable bonds is 4. The Morgan fingerprint density at radius 1 is 1.53 bits per heavy atom. The molecule has 2 aliphatic rings. The van der Waals surface area contributed by atoms with Crippen LogP contribution in [0, 0.1) is 0 Å². The second kappa shape index (κ2) is 4.94. The van der Waals surface area contributed by atoms with Crippen LogP contribution in [0.25, 0.3) is 0 Å². The van der Waals surface area contributed by atoms with Gasteiger partial charge >= 0.3 is 0 Å². The van der Waals surface area contributed by atoms with Gasteiger partial charge in [-0.05, 0) is 19.9 Å². The van der Waals surface area contributed by atoms with E-state index in [2.05, 4.69) is 15.4 Å². The Balaban J connectivity index is 1.63. The van der Waals surface area contributed by atoms with Crippen molar-refractivity contribution in [1.82, 2.24) is 15.4 Å². The van der Waals surface area contributed by atoms with Crippen LogP contribution < -0.4 is 5.32 Å². The van der Waals surface area contributed by atoms with E-state index in [4.69, 9.17) is 9.26 Å². The Morgan fingerprint density at radius 3 is 3.00 bits per heavy atom. The van der Waals surface area contributed by atoms with Crippen molar-refractivity contribution in [2.75, 3.05) is 27.2 Å². The Labute approximate surface area is 112 Å². The molecule has 2 heterocycles. The average Bonchev–Trinajstić information content (AvgIpc) is 3.00. The first-order chi connectivity index (χ1) is 9.17. The fourth-order valence-electron chi connectivity index (χ4n) is 2.54. The van der Waals surface area contributed by atoms with Crippen LogP contribution in [0.3, 0.4) is 0 Å². The minimum Gasteiger partial charge on any atom is -0.378 e. The molecule has 104 valence electrons. The second-order valence-corrected chi connectivity index (χ2v) is 5.46. The summed E-state index contributed by atoms with van der Waals surface area (Å²) < 4.78 is 10.6. The molecule has 1 aliphatic heterocycles. The molecule has 1 aliphatic carbocycles. The summed E-state index contributed by atoms with van der Waals surface area (Å²) >= 11 is 0. The Kier molecular flexibility index (Phi) is 3.28. The van der Waals surface area contributed by atoms with Gasteiger partial charge in [-0.3, -0.25) is 4.79 Å². The van der Waals surface area contributed by atoms with Crippen LogP contribution in [-0.2, 0) is 4.74 Å². The number of hydrogen-bond donors (Lipinski definition) is 1. The molecular weight excluding hydrogens is 246 g/mol. The van der Waals surface area contributed by atoms with Gasteiger partial charge in [-0.2, -0.15) is 0 Å². The first-order valence-electron chi connectivity index (χ1n) is 6.66. The van der Waals surface area contributed by atoms with Crippen LogP contribution in [0.4, 0.5) is 0 Å². The summed E-state index contributed by atoms with van der Waals surface area (Å²) in [4.78, 5) is 14.3. The molecule has 0 spiro atoms. The highest BCUT2D eigenvalue weighted by Crippen LogP contribution is 2.40. The maximum atomic E-state index is 12.1. The van der Waals surface area contributed by atoms with Crippen LogP contribution in [0.2, 0.25) is 0 Å². The molecular formula is C13H19N3O3. The predicted octanol–water partition coefficient (Wildman–Crippen LogP) is 0.611. The quantitative estimate of drug-likeness (QED) is 0.864. The number of aromatic nitrogens is 1. The molecule has 19 heavy (non-hydrogen) atoms. The van der Waals surface area contributed by atoms with E-state index < -0.39 is 0 Å². The molecule has 0 aromatic carbocycles. The van der Waals surface area contributed by atoms with E-state index in [1.54, 1.807) is 13.2 Å². The third kappa shape index (κ3) is 2.64. The molecule has 1 aromatic heterocycles. The number of amides is 1. The van der Waals surface area contributed by atoms with Gasteiger partial charge in [-0.15, -0.1) is 0 Å². The van der Waals surface area contributed by atoms with Crippen LogP contribution >= 0.6 is 0 Å². The lowest BCUT2D eigenvalue weighted by molar-refractivity contribution is 0.0760. The molecule has 1 amide bonds. The molecule has 1 aromatic rings. The normalized spacial score (nSPS) is 27.7. The third-order valence-electron chi connectivity index (χ3n) is 3.81. The van der Waals surface area contributed by atoms with Gasteiger partial charge in [0, 0.05) is 32.2 Å². The number of ether oxygens (including phenoxy) is 1. The monoisotopic (exact) mass is 265 g/mol. The number of nitrogens with one attached hydrogen (secondary N) is 1. The lowest BCUT2D eigenvalue weighted by Gasteiger charge is -2.17. The minimum atomic E-state index is -0.182. The van der Waals surface area contributed by atoms with Gasteiger partial charge in [0.25, 0.3) is 5.91 Å². The topological polar surface area (TPSA) is 67.6 Å². The van der Waals surface area contributed by atoms with Crippen LogP contribution in [0.1, 0.15) is 35.0 Å². The fraction of sp³-hybridized carbons (Fsp3) is 0.692. The molecule has 0 radical (unpaired) electrons. The zero-order chi connectivity index (χ0) is 13.4. The average molecular weight is 265 g/mol. The van der Waals surface area contributed by atoms with Gasteiger partial charge in [0.05, 0.1) is 12.1 Å². The van der Waals surface area contributed by atoms with Crippen LogP contribution in [-0.4, -0.2) is 55.4 Å². The predicted molar refractivity (Wildman–Crippen MR) is 68.0 cm³/mol. The van der Waals surface area contributed by atoms with E-state index in [-0.39, 0.29) is 18.1 Å². The number of carbonyl (C=O) groups excluding carboxylic acids is 1. The zero-order valence-corrected chi connectivity index (χ0v) is 11.3. The Bertz CT molecular complexity index is 469. The maximum Gasteiger partial charge on any atom is 0.273 e. The van der Waals surface area contributed by atoms with Crippen molar-refractivity contribution in [2.24, 2.45) is 0 Å². The van der Waals surface area contributed by atoms with Gasteiger partial charge in [-0.25, -0.2) is 0 Å². The van der Waals surface area contributed by atoms with Crippen LogP contribution in [0.15, 0.2) is 10.6 Å². The lowest BCUT2D eigenvalue weighted by Crippen LogP contribution is -2.43. The highest BCUT2D eigenvalue weighted by Gasteiger charge is 2.33. The van der Waals surface area contributed by atoms with Crippen molar-refractivity contribution in [3.05, 3.63) is 17.5 Å². The second-order valence-electron chi connectivity index (χ2n) is 5.46. The van der Waals surface area contributed by atoms with Gasteiger partial charge < -0.3 is 19.5 Å². The molecule has 2 fully saturated rings. The molecule has 1 N–H and O–H groups in total. The van der Waals surface area contributed by atoms with Crippen molar-refractivity contribution < 1.29 is 14.1 Å². The van der Waals surface area contributed by atoms with E-state index >= 15 is 0 Å². The SMILES string of the molecule is CO[C@H]1CN(C)CC1NC(=O)c1cc(C2CC2)on1. The largest absolute Gasteiger partial charge is 0.378 e. The van der Waals surface area contributed by atoms with Gasteiger partial charge in [0.1, 0.15) is 5.76 Å². The van der Waals surface area contributed by atoms with E-state index in [1.165, 1.54) is 0 Å².